The maximum Gasteiger partial charge on any atom is 0.431 e. The normalized spacial score (nSPS) is 12.4. The third-order valence-corrected chi connectivity index (χ3v) is 5.83. The Hall–Kier alpha value is -3.69. The molecule has 0 unspecified atom stereocenters. The van der Waals surface area contributed by atoms with Crippen molar-refractivity contribution >= 4 is 29.4 Å². The van der Waals surface area contributed by atoms with Crippen LogP contribution in [-0.2, 0) is 19.6 Å². The number of aryl methyl sites for hydroxylation is 1. The van der Waals surface area contributed by atoms with Crippen molar-refractivity contribution in [3.05, 3.63) is 104 Å². The zero-order chi connectivity index (χ0) is 25.9. The Bertz CT molecular complexity index is 1560. The maximum absolute atomic E-state index is 12.7. The highest BCUT2D eigenvalue weighted by atomic mass is 35.5. The van der Waals surface area contributed by atoms with Gasteiger partial charge in [0.25, 0.3) is 5.56 Å². The van der Waals surface area contributed by atoms with E-state index in [1.807, 2.05) is 35.3 Å². The van der Waals surface area contributed by atoms with Crippen LogP contribution in [0.15, 0.2) is 81.7 Å². The van der Waals surface area contributed by atoms with Gasteiger partial charge in [0.2, 0.25) is 0 Å². The number of alkyl halides is 3. The van der Waals surface area contributed by atoms with E-state index in [1.165, 1.54) is 10.9 Å². The minimum atomic E-state index is -4.62. The van der Waals surface area contributed by atoms with Crippen LogP contribution in [0.2, 0.25) is 10.0 Å². The Balaban J connectivity index is 1.70. The molecular formula is C25H18Cl2F3N5O. The molecule has 0 aliphatic rings. The summed E-state index contributed by atoms with van der Waals surface area (Å²) in [7, 11) is 1.70. The van der Waals surface area contributed by atoms with Gasteiger partial charge in [-0.15, -0.1) is 5.10 Å². The number of nitrogens with zero attached hydrogens (tertiary/aromatic N) is 4. The average molecular weight is 532 g/mol. The van der Waals surface area contributed by atoms with Crippen molar-refractivity contribution in [3.8, 4) is 22.4 Å². The minimum absolute atomic E-state index is 0.00411. The molecule has 184 valence electrons. The fourth-order valence-corrected chi connectivity index (χ4v) is 3.76. The lowest BCUT2D eigenvalue weighted by atomic mass is 10.00. The van der Waals surface area contributed by atoms with Crippen LogP contribution >= 0.6 is 23.2 Å². The molecule has 0 aliphatic heterocycles. The van der Waals surface area contributed by atoms with Gasteiger partial charge in [0.15, 0.2) is 5.49 Å². The summed E-state index contributed by atoms with van der Waals surface area (Å²) in [5.41, 5.74) is 1.52. The highest BCUT2D eigenvalue weighted by molar-refractivity contribution is 6.33. The monoisotopic (exact) mass is 531 g/mol. The van der Waals surface area contributed by atoms with Gasteiger partial charge >= 0.3 is 6.18 Å². The van der Waals surface area contributed by atoms with Gasteiger partial charge in [0.05, 0.1) is 5.02 Å². The number of hydrogen-bond donors (Lipinski definition) is 1. The third-order valence-electron chi connectivity index (χ3n) is 5.24. The molecule has 0 bridgehead atoms. The van der Waals surface area contributed by atoms with Crippen molar-refractivity contribution in [2.75, 3.05) is 0 Å². The molecule has 4 rings (SSSR count). The summed E-state index contributed by atoms with van der Waals surface area (Å²) in [6, 6.07) is 18.3. The molecular weight excluding hydrogens is 514 g/mol. The van der Waals surface area contributed by atoms with Crippen LogP contribution in [0.1, 0.15) is 11.3 Å². The molecule has 0 aliphatic carbocycles. The fraction of sp³-hybridized carbons (Fsp3) is 0.120. The summed E-state index contributed by atoms with van der Waals surface area (Å²) in [4.78, 5) is 13.8. The number of aromatic amines is 1. The summed E-state index contributed by atoms with van der Waals surface area (Å²) in [5.74, 6) is 0. The minimum Gasteiger partial charge on any atom is -0.318 e. The van der Waals surface area contributed by atoms with Crippen LogP contribution in [0.4, 0.5) is 13.2 Å². The van der Waals surface area contributed by atoms with E-state index in [0.717, 1.165) is 28.8 Å². The van der Waals surface area contributed by atoms with Gasteiger partial charge in [-0.25, -0.2) is 4.68 Å². The average Bonchev–Trinajstić information content (AvgIpc) is 2.83. The van der Waals surface area contributed by atoms with E-state index in [-0.39, 0.29) is 12.0 Å². The van der Waals surface area contributed by atoms with Gasteiger partial charge in [-0.1, -0.05) is 59.6 Å². The van der Waals surface area contributed by atoms with Crippen LogP contribution < -0.4 is 11.0 Å². The first kappa shape index (κ1) is 25.4. The molecule has 2 aromatic heterocycles. The second-order valence-corrected chi connectivity index (χ2v) is 8.55. The van der Waals surface area contributed by atoms with Gasteiger partial charge in [-0.3, -0.25) is 4.79 Å². The van der Waals surface area contributed by atoms with E-state index in [2.05, 4.69) is 15.3 Å². The lowest BCUT2D eigenvalue weighted by molar-refractivity contribution is -0.141. The number of hydrogen-bond acceptors (Lipinski definition) is 4. The van der Waals surface area contributed by atoms with E-state index in [9.17, 15) is 18.0 Å². The fourth-order valence-electron chi connectivity index (χ4n) is 3.41. The largest absolute Gasteiger partial charge is 0.431 e. The number of benzene rings is 2. The van der Waals surface area contributed by atoms with E-state index >= 15 is 0 Å². The molecule has 1 N–H and O–H groups in total. The zero-order valence-corrected chi connectivity index (χ0v) is 20.2. The van der Waals surface area contributed by atoms with E-state index < -0.39 is 17.4 Å². The Kier molecular flexibility index (Phi) is 7.42. The van der Waals surface area contributed by atoms with E-state index in [4.69, 9.17) is 23.2 Å². The smallest absolute Gasteiger partial charge is 0.318 e. The van der Waals surface area contributed by atoms with Gasteiger partial charge in [-0.05, 0) is 35.9 Å². The Morgan fingerprint density at radius 1 is 1.03 bits per heavy atom. The summed E-state index contributed by atoms with van der Waals surface area (Å²) in [6.07, 6.45) is -3.29. The number of aromatic nitrogens is 3. The lowest BCUT2D eigenvalue weighted by Crippen LogP contribution is -2.21. The summed E-state index contributed by atoms with van der Waals surface area (Å²) in [5, 5.41) is 14.0. The zero-order valence-electron chi connectivity index (χ0n) is 18.7. The first-order valence-electron chi connectivity index (χ1n) is 10.6. The SMILES string of the molecule is Cn1nc(-c2ccccc2Cl)c(-c2ccc(Cl)cc2)c/c1=N/N=C/Cc1ccc(C(F)(F)F)[nH]c1=O. The third kappa shape index (κ3) is 5.75. The van der Waals surface area contributed by atoms with Crippen molar-refractivity contribution < 1.29 is 13.2 Å². The number of rotatable bonds is 5. The molecule has 0 radical (unpaired) electrons. The van der Waals surface area contributed by atoms with Crippen molar-refractivity contribution in [2.45, 2.75) is 12.6 Å². The predicted octanol–water partition coefficient (Wildman–Crippen LogP) is 5.90. The number of H-pyrrole nitrogens is 1. The number of halogens is 5. The molecule has 4 aromatic rings. The Labute approximate surface area is 213 Å². The molecule has 0 fully saturated rings. The van der Waals surface area contributed by atoms with Crippen LogP contribution in [0.5, 0.6) is 0 Å². The standard InChI is InChI=1S/C25H18Cl2F3N5O/c1-35-22(33-31-13-12-16-8-11-21(25(28,29)30)32-24(16)36)14-19(15-6-9-17(26)10-7-15)23(34-35)18-4-2-3-5-20(18)27/h2-11,13-14H,12H2,1H3,(H,32,36)/b31-13+,33-22-. The quantitative estimate of drug-likeness (QED) is 0.257. The summed E-state index contributed by atoms with van der Waals surface area (Å²) < 4.78 is 39.7. The second-order valence-electron chi connectivity index (χ2n) is 7.70. The van der Waals surface area contributed by atoms with E-state index in [1.54, 1.807) is 31.3 Å². The van der Waals surface area contributed by atoms with Gasteiger partial charge in [-0.2, -0.15) is 23.4 Å². The molecule has 0 spiro atoms. The van der Waals surface area contributed by atoms with Gasteiger partial charge < -0.3 is 4.98 Å². The molecule has 11 heteroatoms. The molecule has 2 aromatic carbocycles. The van der Waals surface area contributed by atoms with E-state index in [0.29, 0.717) is 21.2 Å². The molecule has 6 nitrogen and oxygen atoms in total. The molecule has 2 heterocycles. The predicted molar refractivity (Wildman–Crippen MR) is 134 cm³/mol. The molecule has 0 amide bonds. The molecule has 36 heavy (non-hydrogen) atoms. The Morgan fingerprint density at radius 2 is 1.75 bits per heavy atom. The van der Waals surface area contributed by atoms with Crippen molar-refractivity contribution in [1.29, 1.82) is 0 Å². The number of nitrogens with one attached hydrogen (secondary N) is 1. The van der Waals surface area contributed by atoms with Crippen molar-refractivity contribution in [2.24, 2.45) is 17.3 Å². The van der Waals surface area contributed by atoms with Crippen LogP contribution in [0, 0.1) is 0 Å². The van der Waals surface area contributed by atoms with Gasteiger partial charge in [0.1, 0.15) is 11.4 Å². The van der Waals surface area contributed by atoms with Crippen LogP contribution in [-0.4, -0.2) is 21.0 Å². The van der Waals surface area contributed by atoms with Crippen molar-refractivity contribution in [1.82, 2.24) is 14.8 Å². The molecule has 0 saturated carbocycles. The van der Waals surface area contributed by atoms with Crippen LogP contribution in [0.25, 0.3) is 22.4 Å². The van der Waals surface area contributed by atoms with Crippen molar-refractivity contribution in [3.63, 3.8) is 0 Å². The van der Waals surface area contributed by atoms with Gasteiger partial charge in [0, 0.05) is 41.4 Å². The second kappa shape index (κ2) is 10.5. The molecule has 0 saturated heterocycles. The lowest BCUT2D eigenvalue weighted by Gasteiger charge is -2.12. The maximum atomic E-state index is 12.7. The summed E-state index contributed by atoms with van der Waals surface area (Å²) in [6.45, 7) is 0. The topological polar surface area (TPSA) is 75.4 Å². The first-order chi connectivity index (χ1) is 17.1. The Morgan fingerprint density at radius 3 is 2.42 bits per heavy atom. The summed E-state index contributed by atoms with van der Waals surface area (Å²) >= 11 is 12.5. The first-order valence-corrected chi connectivity index (χ1v) is 11.3. The molecule has 0 atom stereocenters. The van der Waals surface area contributed by atoms with Crippen LogP contribution in [0.3, 0.4) is 0 Å². The highest BCUT2D eigenvalue weighted by Gasteiger charge is 2.31. The highest BCUT2D eigenvalue weighted by Crippen LogP contribution is 2.33. The number of pyridine rings is 1.